The normalized spacial score (nSPS) is 17.6. The van der Waals surface area contributed by atoms with Crippen molar-refractivity contribution in [2.24, 2.45) is 0 Å². The maximum absolute atomic E-state index is 12.9. The Kier molecular flexibility index (Phi) is 7.21. The van der Waals surface area contributed by atoms with Crippen molar-refractivity contribution in [3.63, 3.8) is 0 Å². The third kappa shape index (κ3) is 5.31. The van der Waals surface area contributed by atoms with Crippen molar-refractivity contribution >= 4 is 45.0 Å². The second-order valence-corrected chi connectivity index (χ2v) is 9.92. The van der Waals surface area contributed by atoms with E-state index in [9.17, 15) is 13.2 Å². The lowest BCUT2D eigenvalue weighted by molar-refractivity contribution is -0.119. The highest BCUT2D eigenvalue weighted by Gasteiger charge is 2.38. The van der Waals surface area contributed by atoms with E-state index in [0.717, 1.165) is 12.0 Å². The molecule has 0 saturated carbocycles. The highest BCUT2D eigenvalue weighted by Crippen LogP contribution is 2.25. The third-order valence-electron chi connectivity index (χ3n) is 4.92. The lowest BCUT2D eigenvalue weighted by atomic mass is 10.2. The second kappa shape index (κ2) is 9.47. The first-order valence-electron chi connectivity index (χ1n) is 9.58. The minimum Gasteiger partial charge on any atom is -0.309 e. The van der Waals surface area contributed by atoms with E-state index in [-0.39, 0.29) is 11.7 Å². The summed E-state index contributed by atoms with van der Waals surface area (Å²) in [6, 6.07) is 6.17. The van der Waals surface area contributed by atoms with Crippen LogP contribution in [0, 0.1) is 0 Å². The Morgan fingerprint density at radius 1 is 1.31 bits per heavy atom. The zero-order chi connectivity index (χ0) is 21.0. The number of halogens is 2. The number of hydrogen-bond donors (Lipinski definition) is 1. The minimum absolute atomic E-state index is 0.0697. The zero-order valence-electron chi connectivity index (χ0n) is 16.1. The molecule has 1 aromatic heterocycles. The van der Waals surface area contributed by atoms with Gasteiger partial charge in [0.25, 0.3) is 0 Å². The van der Waals surface area contributed by atoms with Gasteiger partial charge in [0.05, 0.1) is 18.5 Å². The Balaban J connectivity index is 1.72. The van der Waals surface area contributed by atoms with E-state index in [4.69, 9.17) is 23.2 Å². The molecule has 1 saturated heterocycles. The molecule has 0 aliphatic carbocycles. The monoisotopic (exact) mass is 458 g/mol. The van der Waals surface area contributed by atoms with Crippen LogP contribution in [0.15, 0.2) is 30.5 Å². The predicted octanol–water partition coefficient (Wildman–Crippen LogP) is 3.77. The van der Waals surface area contributed by atoms with Crippen molar-refractivity contribution in [1.82, 2.24) is 14.1 Å². The summed E-state index contributed by atoms with van der Waals surface area (Å²) in [7, 11) is -3.44. The standard InChI is InChI=1S/C19H24Cl2N4O3S/c1-2-3-11-29(27,28)25-10-4-5-17(25)19(26)23-18-8-9-22-24(18)13-14-6-7-15(20)12-16(14)21/h6-9,12,17H,2-5,10-11,13H2,1H3,(H,23,26). The Bertz CT molecular complexity index is 978. The summed E-state index contributed by atoms with van der Waals surface area (Å²) in [5, 5.41) is 8.12. The van der Waals surface area contributed by atoms with Crippen LogP contribution in [0.25, 0.3) is 0 Å². The van der Waals surface area contributed by atoms with Crippen LogP contribution in [0.3, 0.4) is 0 Å². The molecule has 2 aromatic rings. The number of hydrogen-bond acceptors (Lipinski definition) is 4. The zero-order valence-corrected chi connectivity index (χ0v) is 18.5. The predicted molar refractivity (Wildman–Crippen MR) is 115 cm³/mol. The van der Waals surface area contributed by atoms with Gasteiger partial charge in [0.15, 0.2) is 0 Å². The first-order valence-corrected chi connectivity index (χ1v) is 11.9. The van der Waals surface area contributed by atoms with Gasteiger partial charge in [-0.3, -0.25) is 4.79 Å². The number of nitrogens with one attached hydrogen (secondary N) is 1. The minimum atomic E-state index is -3.44. The lowest BCUT2D eigenvalue weighted by Gasteiger charge is -2.23. The number of aromatic nitrogens is 2. The largest absolute Gasteiger partial charge is 0.309 e. The van der Waals surface area contributed by atoms with E-state index in [2.05, 4.69) is 10.4 Å². The summed E-state index contributed by atoms with van der Waals surface area (Å²) in [5.74, 6) is 0.214. The summed E-state index contributed by atoms with van der Waals surface area (Å²) >= 11 is 12.2. The smallest absolute Gasteiger partial charge is 0.243 e. The molecule has 0 spiro atoms. The van der Waals surface area contributed by atoms with Gasteiger partial charge >= 0.3 is 0 Å². The second-order valence-electron chi connectivity index (χ2n) is 7.04. The molecule has 2 heterocycles. The van der Waals surface area contributed by atoms with Crippen LogP contribution >= 0.6 is 23.2 Å². The van der Waals surface area contributed by atoms with Crippen molar-refractivity contribution in [2.45, 2.75) is 45.2 Å². The summed E-state index contributed by atoms with van der Waals surface area (Å²) < 4.78 is 28.1. The molecule has 158 valence electrons. The molecular weight excluding hydrogens is 435 g/mol. The first-order chi connectivity index (χ1) is 13.8. The van der Waals surface area contributed by atoms with Crippen LogP contribution < -0.4 is 5.32 Å². The molecule has 1 atom stereocenters. The molecule has 1 N–H and O–H groups in total. The number of amides is 1. The first kappa shape index (κ1) is 22.1. The average molecular weight is 459 g/mol. The molecule has 1 aliphatic rings. The van der Waals surface area contributed by atoms with Crippen LogP contribution in [0.5, 0.6) is 0 Å². The number of carbonyl (C=O) groups is 1. The SMILES string of the molecule is CCCCS(=O)(=O)N1CCCC1C(=O)Nc1ccnn1Cc1ccc(Cl)cc1Cl. The number of unbranched alkanes of at least 4 members (excludes halogenated alkanes) is 1. The quantitative estimate of drug-likeness (QED) is 0.652. The Morgan fingerprint density at radius 2 is 2.10 bits per heavy atom. The van der Waals surface area contributed by atoms with Crippen LogP contribution in [0.2, 0.25) is 10.0 Å². The number of benzene rings is 1. The van der Waals surface area contributed by atoms with Crippen LogP contribution in [-0.2, 0) is 21.4 Å². The van der Waals surface area contributed by atoms with Gasteiger partial charge in [-0.15, -0.1) is 0 Å². The molecule has 7 nitrogen and oxygen atoms in total. The number of rotatable bonds is 8. The molecule has 10 heteroatoms. The van der Waals surface area contributed by atoms with Crippen molar-refractivity contribution in [3.8, 4) is 0 Å². The number of carbonyl (C=O) groups excluding carboxylic acids is 1. The number of nitrogens with zero attached hydrogens (tertiary/aromatic N) is 3. The van der Waals surface area contributed by atoms with E-state index < -0.39 is 16.1 Å². The van der Waals surface area contributed by atoms with E-state index in [1.54, 1.807) is 35.1 Å². The summed E-state index contributed by atoms with van der Waals surface area (Å²) in [4.78, 5) is 12.9. The Morgan fingerprint density at radius 3 is 2.83 bits per heavy atom. The van der Waals surface area contributed by atoms with Crippen molar-refractivity contribution < 1.29 is 13.2 Å². The molecule has 0 radical (unpaired) electrons. The number of sulfonamides is 1. The maximum Gasteiger partial charge on any atom is 0.243 e. The van der Waals surface area contributed by atoms with Crippen molar-refractivity contribution in [1.29, 1.82) is 0 Å². The fraction of sp³-hybridized carbons (Fsp3) is 0.474. The van der Waals surface area contributed by atoms with E-state index >= 15 is 0 Å². The lowest BCUT2D eigenvalue weighted by Crippen LogP contribution is -2.44. The van der Waals surface area contributed by atoms with Gasteiger partial charge < -0.3 is 5.32 Å². The van der Waals surface area contributed by atoms with E-state index in [1.165, 1.54) is 4.31 Å². The highest BCUT2D eigenvalue weighted by molar-refractivity contribution is 7.89. The molecule has 1 aromatic carbocycles. The molecular formula is C19H24Cl2N4O3S. The maximum atomic E-state index is 12.9. The van der Waals surface area contributed by atoms with E-state index in [0.29, 0.717) is 48.2 Å². The van der Waals surface area contributed by atoms with E-state index in [1.807, 2.05) is 6.92 Å². The van der Waals surface area contributed by atoms with Gasteiger partial charge in [-0.2, -0.15) is 9.40 Å². The fourth-order valence-electron chi connectivity index (χ4n) is 3.36. The van der Waals surface area contributed by atoms with Crippen LogP contribution in [0.4, 0.5) is 5.82 Å². The summed E-state index contributed by atoms with van der Waals surface area (Å²) in [5.41, 5.74) is 0.805. The summed E-state index contributed by atoms with van der Waals surface area (Å²) in [6.45, 7) is 2.67. The Labute approximate surface area is 181 Å². The van der Waals surface area contributed by atoms with Crippen LogP contribution in [0.1, 0.15) is 38.2 Å². The highest BCUT2D eigenvalue weighted by atomic mass is 35.5. The van der Waals surface area contributed by atoms with Crippen molar-refractivity contribution in [2.75, 3.05) is 17.6 Å². The molecule has 29 heavy (non-hydrogen) atoms. The van der Waals surface area contributed by atoms with Crippen molar-refractivity contribution in [3.05, 3.63) is 46.1 Å². The average Bonchev–Trinajstić information content (AvgIpc) is 3.32. The molecule has 3 rings (SSSR count). The molecule has 1 unspecified atom stereocenters. The van der Waals surface area contributed by atoms with Gasteiger partial charge in [-0.05, 0) is 37.0 Å². The topological polar surface area (TPSA) is 84.3 Å². The molecule has 1 amide bonds. The van der Waals surface area contributed by atoms with Gasteiger partial charge in [-0.25, -0.2) is 13.1 Å². The molecule has 0 bridgehead atoms. The molecule has 1 aliphatic heterocycles. The van der Waals surface area contributed by atoms with Gasteiger partial charge in [0, 0.05) is 22.7 Å². The third-order valence-corrected chi connectivity index (χ3v) is 7.47. The van der Waals surface area contributed by atoms with Gasteiger partial charge in [-0.1, -0.05) is 42.6 Å². The van der Waals surface area contributed by atoms with Crippen LogP contribution in [-0.4, -0.2) is 46.8 Å². The van der Waals surface area contributed by atoms with Gasteiger partial charge in [0.2, 0.25) is 15.9 Å². The molecule has 1 fully saturated rings. The Hall–Kier alpha value is -1.61. The number of anilines is 1. The fourth-order valence-corrected chi connectivity index (χ4v) is 5.72. The summed E-state index contributed by atoms with van der Waals surface area (Å²) in [6.07, 6.45) is 4.12. The van der Waals surface area contributed by atoms with Gasteiger partial charge in [0.1, 0.15) is 11.9 Å².